The SMILES string of the molecule is COCCSc1n[nH]c(=O)s1. The summed E-state index contributed by atoms with van der Waals surface area (Å²) in [6.45, 7) is 0.679. The molecule has 0 aliphatic carbocycles. The van der Waals surface area contributed by atoms with Gasteiger partial charge >= 0.3 is 4.87 Å². The average Bonchev–Trinajstić information content (AvgIpc) is 2.37. The van der Waals surface area contributed by atoms with Gasteiger partial charge in [-0.15, -0.1) is 0 Å². The monoisotopic (exact) mass is 192 g/mol. The van der Waals surface area contributed by atoms with Gasteiger partial charge in [-0.2, -0.15) is 5.10 Å². The normalized spacial score (nSPS) is 10.3. The molecular weight excluding hydrogens is 184 g/mol. The van der Waals surface area contributed by atoms with E-state index >= 15 is 0 Å². The molecule has 0 saturated heterocycles. The number of aromatic nitrogens is 2. The first-order valence-corrected chi connectivity index (χ1v) is 4.80. The second-order valence-electron chi connectivity index (χ2n) is 1.72. The predicted molar refractivity (Wildman–Crippen MR) is 45.3 cm³/mol. The van der Waals surface area contributed by atoms with E-state index in [1.54, 1.807) is 7.11 Å². The Morgan fingerprint density at radius 2 is 2.64 bits per heavy atom. The van der Waals surface area contributed by atoms with Gasteiger partial charge in [0.1, 0.15) is 0 Å². The maximum Gasteiger partial charge on any atom is 0.323 e. The van der Waals surface area contributed by atoms with Crippen molar-refractivity contribution in [1.82, 2.24) is 10.2 Å². The lowest BCUT2D eigenvalue weighted by molar-refractivity contribution is 0.218. The second-order valence-corrected chi connectivity index (χ2v) is 4.02. The molecule has 0 amide bonds. The van der Waals surface area contributed by atoms with Crippen LogP contribution in [0, 0.1) is 0 Å². The lowest BCUT2D eigenvalue weighted by Gasteiger charge is -1.93. The summed E-state index contributed by atoms with van der Waals surface area (Å²) in [5, 5.41) is 6.12. The van der Waals surface area contributed by atoms with Crippen LogP contribution in [0.3, 0.4) is 0 Å². The molecule has 0 bridgehead atoms. The summed E-state index contributed by atoms with van der Waals surface area (Å²) in [6, 6.07) is 0. The fraction of sp³-hybridized carbons (Fsp3) is 0.600. The van der Waals surface area contributed by atoms with E-state index in [4.69, 9.17) is 4.74 Å². The highest BCUT2D eigenvalue weighted by atomic mass is 32.2. The van der Waals surface area contributed by atoms with Crippen molar-refractivity contribution in [1.29, 1.82) is 0 Å². The number of ether oxygens (including phenoxy) is 1. The molecule has 0 aliphatic heterocycles. The van der Waals surface area contributed by atoms with Gasteiger partial charge in [0, 0.05) is 12.9 Å². The molecule has 1 aromatic rings. The van der Waals surface area contributed by atoms with Gasteiger partial charge in [-0.05, 0) is 11.3 Å². The predicted octanol–water partition coefficient (Wildman–Crippen LogP) is 0.570. The molecule has 0 atom stereocenters. The minimum absolute atomic E-state index is 0.107. The lowest BCUT2D eigenvalue weighted by atomic mass is 10.9. The number of thioether (sulfide) groups is 1. The Bertz CT molecular complexity index is 257. The first-order chi connectivity index (χ1) is 5.33. The quantitative estimate of drug-likeness (QED) is 0.559. The van der Waals surface area contributed by atoms with Crippen LogP contribution in [0.5, 0.6) is 0 Å². The topological polar surface area (TPSA) is 55.0 Å². The lowest BCUT2D eigenvalue weighted by Crippen LogP contribution is -1.91. The van der Waals surface area contributed by atoms with E-state index in [2.05, 4.69) is 10.2 Å². The Kier molecular flexibility index (Phi) is 3.61. The van der Waals surface area contributed by atoms with Crippen molar-refractivity contribution in [3.8, 4) is 0 Å². The summed E-state index contributed by atoms with van der Waals surface area (Å²) in [5.41, 5.74) is 0. The maximum atomic E-state index is 10.6. The molecule has 0 fully saturated rings. The zero-order valence-electron chi connectivity index (χ0n) is 5.99. The summed E-state index contributed by atoms with van der Waals surface area (Å²) in [7, 11) is 1.65. The summed E-state index contributed by atoms with van der Waals surface area (Å²) >= 11 is 2.64. The van der Waals surface area contributed by atoms with Crippen molar-refractivity contribution < 1.29 is 4.74 Å². The molecule has 1 rings (SSSR count). The summed E-state index contributed by atoms with van der Waals surface area (Å²) < 4.78 is 5.61. The van der Waals surface area contributed by atoms with Crippen molar-refractivity contribution in [3.63, 3.8) is 0 Å². The van der Waals surface area contributed by atoms with E-state index in [1.165, 1.54) is 11.8 Å². The average molecular weight is 192 g/mol. The zero-order chi connectivity index (χ0) is 8.10. The molecule has 0 aromatic carbocycles. The van der Waals surface area contributed by atoms with E-state index in [9.17, 15) is 4.79 Å². The largest absolute Gasteiger partial charge is 0.384 e. The number of rotatable bonds is 4. The molecule has 11 heavy (non-hydrogen) atoms. The molecule has 1 N–H and O–H groups in total. The van der Waals surface area contributed by atoms with Gasteiger partial charge in [0.2, 0.25) is 0 Å². The smallest absolute Gasteiger partial charge is 0.323 e. The van der Waals surface area contributed by atoms with Crippen LogP contribution < -0.4 is 4.87 Å². The van der Waals surface area contributed by atoms with Crippen molar-refractivity contribution in [2.75, 3.05) is 19.5 Å². The Balaban J connectivity index is 2.33. The number of nitrogens with one attached hydrogen (secondary N) is 1. The van der Waals surface area contributed by atoms with Crippen LogP contribution in [0.1, 0.15) is 0 Å². The molecule has 1 heterocycles. The van der Waals surface area contributed by atoms with E-state index in [-0.39, 0.29) is 4.87 Å². The van der Waals surface area contributed by atoms with Gasteiger partial charge < -0.3 is 4.74 Å². The van der Waals surface area contributed by atoms with E-state index in [1.807, 2.05) is 0 Å². The Labute approximate surface area is 72.0 Å². The van der Waals surface area contributed by atoms with Gasteiger partial charge in [-0.3, -0.25) is 4.79 Å². The third-order valence-corrected chi connectivity index (χ3v) is 2.79. The molecule has 1 aromatic heterocycles. The molecule has 62 valence electrons. The van der Waals surface area contributed by atoms with Gasteiger partial charge in [0.15, 0.2) is 4.34 Å². The molecule has 0 spiro atoms. The van der Waals surface area contributed by atoms with Gasteiger partial charge in [-0.25, -0.2) is 5.10 Å². The molecule has 0 radical (unpaired) electrons. The van der Waals surface area contributed by atoms with E-state index in [0.717, 1.165) is 21.4 Å². The van der Waals surface area contributed by atoms with Crippen molar-refractivity contribution >= 4 is 23.1 Å². The molecular formula is C5H8N2O2S2. The van der Waals surface area contributed by atoms with Crippen molar-refractivity contribution in [3.05, 3.63) is 9.67 Å². The van der Waals surface area contributed by atoms with Gasteiger partial charge in [0.25, 0.3) is 0 Å². The highest BCUT2D eigenvalue weighted by Crippen LogP contribution is 2.15. The summed E-state index contributed by atoms with van der Waals surface area (Å²) in [6.07, 6.45) is 0. The fourth-order valence-corrected chi connectivity index (χ4v) is 2.08. The van der Waals surface area contributed by atoms with Crippen LogP contribution in [-0.2, 0) is 4.74 Å². The maximum absolute atomic E-state index is 10.6. The van der Waals surface area contributed by atoms with Gasteiger partial charge in [-0.1, -0.05) is 11.8 Å². The number of aromatic amines is 1. The van der Waals surface area contributed by atoms with Crippen LogP contribution in [0.15, 0.2) is 9.13 Å². The van der Waals surface area contributed by atoms with Crippen LogP contribution in [0.25, 0.3) is 0 Å². The molecule has 0 aliphatic rings. The Hall–Kier alpha value is -0.330. The van der Waals surface area contributed by atoms with Gasteiger partial charge in [0.05, 0.1) is 6.61 Å². The molecule has 0 saturated carbocycles. The minimum atomic E-state index is -0.107. The van der Waals surface area contributed by atoms with Crippen LogP contribution in [0.2, 0.25) is 0 Å². The number of methoxy groups -OCH3 is 1. The highest BCUT2D eigenvalue weighted by molar-refractivity contribution is 8.01. The second kappa shape index (κ2) is 4.53. The van der Waals surface area contributed by atoms with Crippen LogP contribution in [-0.4, -0.2) is 29.7 Å². The minimum Gasteiger partial charge on any atom is -0.384 e. The highest BCUT2D eigenvalue weighted by Gasteiger charge is 1.98. The van der Waals surface area contributed by atoms with Crippen molar-refractivity contribution in [2.24, 2.45) is 0 Å². The Morgan fingerprint density at radius 1 is 1.82 bits per heavy atom. The number of hydrogen-bond acceptors (Lipinski definition) is 5. The van der Waals surface area contributed by atoms with E-state index in [0.29, 0.717) is 6.61 Å². The Morgan fingerprint density at radius 3 is 3.18 bits per heavy atom. The van der Waals surface area contributed by atoms with Crippen LogP contribution >= 0.6 is 23.1 Å². The zero-order valence-corrected chi connectivity index (χ0v) is 7.63. The number of hydrogen-bond donors (Lipinski definition) is 1. The molecule has 4 nitrogen and oxygen atoms in total. The summed E-state index contributed by atoms with van der Waals surface area (Å²) in [4.78, 5) is 10.5. The first-order valence-electron chi connectivity index (χ1n) is 3.00. The molecule has 6 heteroatoms. The van der Waals surface area contributed by atoms with Crippen molar-refractivity contribution in [2.45, 2.75) is 4.34 Å². The van der Waals surface area contributed by atoms with E-state index < -0.39 is 0 Å². The number of nitrogens with zero attached hydrogens (tertiary/aromatic N) is 1. The van der Waals surface area contributed by atoms with Crippen LogP contribution in [0.4, 0.5) is 0 Å². The third kappa shape index (κ3) is 3.04. The summed E-state index contributed by atoms with van der Waals surface area (Å²) in [5.74, 6) is 0.831. The third-order valence-electron chi connectivity index (χ3n) is 0.931. The molecule has 0 unspecified atom stereocenters. The number of H-pyrrole nitrogens is 1. The standard InChI is InChI=1S/C5H8N2O2S2/c1-9-2-3-10-5-7-6-4(8)11-5/h2-3H2,1H3,(H,6,8). The fourth-order valence-electron chi connectivity index (χ4n) is 0.490. The first kappa shape index (κ1) is 8.76.